The lowest BCUT2D eigenvalue weighted by molar-refractivity contribution is -0.138. The van der Waals surface area contributed by atoms with Crippen molar-refractivity contribution in [1.29, 1.82) is 0 Å². The molecular formula is C12H23N3O. The number of nitrogens with zero attached hydrogens (tertiary/aromatic N) is 2. The molecule has 2 aliphatic rings. The van der Waals surface area contributed by atoms with E-state index in [1.807, 2.05) is 0 Å². The highest BCUT2D eigenvalue weighted by molar-refractivity contribution is 5.83. The Morgan fingerprint density at radius 2 is 2.06 bits per heavy atom. The summed E-state index contributed by atoms with van der Waals surface area (Å²) in [7, 11) is 2.12. The van der Waals surface area contributed by atoms with E-state index in [-0.39, 0.29) is 6.04 Å². The zero-order valence-corrected chi connectivity index (χ0v) is 10.6. The first-order valence-corrected chi connectivity index (χ1v) is 6.32. The number of hydrogen-bond acceptors (Lipinski definition) is 3. The van der Waals surface area contributed by atoms with Crippen LogP contribution in [0, 0.1) is 5.92 Å². The van der Waals surface area contributed by atoms with Gasteiger partial charge < -0.3 is 15.1 Å². The van der Waals surface area contributed by atoms with Crippen LogP contribution >= 0.6 is 0 Å². The van der Waals surface area contributed by atoms with Crippen molar-refractivity contribution in [3.05, 3.63) is 0 Å². The number of carbonyl (C=O) groups is 1. The average Bonchev–Trinajstić information content (AvgIpc) is 2.63. The molecular weight excluding hydrogens is 202 g/mol. The first-order valence-electron chi connectivity index (χ1n) is 6.32. The van der Waals surface area contributed by atoms with Crippen LogP contribution in [0.25, 0.3) is 0 Å². The summed E-state index contributed by atoms with van der Waals surface area (Å²) in [4.78, 5) is 16.7. The molecule has 3 atom stereocenters. The molecule has 0 saturated carbocycles. The van der Waals surface area contributed by atoms with E-state index in [0.29, 0.717) is 17.9 Å². The van der Waals surface area contributed by atoms with Gasteiger partial charge in [-0.3, -0.25) is 4.79 Å². The van der Waals surface area contributed by atoms with E-state index in [1.165, 1.54) is 0 Å². The molecule has 1 amide bonds. The summed E-state index contributed by atoms with van der Waals surface area (Å²) >= 11 is 0. The lowest BCUT2D eigenvalue weighted by Gasteiger charge is -2.40. The van der Waals surface area contributed by atoms with Gasteiger partial charge in [-0.25, -0.2) is 0 Å². The Balaban J connectivity index is 1.98. The third-order valence-electron chi connectivity index (χ3n) is 3.91. The molecule has 3 unspecified atom stereocenters. The van der Waals surface area contributed by atoms with Gasteiger partial charge in [0.2, 0.25) is 5.91 Å². The second-order valence-electron chi connectivity index (χ2n) is 5.34. The second-order valence-corrected chi connectivity index (χ2v) is 5.34. The molecule has 4 nitrogen and oxygen atoms in total. The summed E-state index contributed by atoms with van der Waals surface area (Å²) in [6.45, 7) is 8.17. The van der Waals surface area contributed by atoms with Crippen LogP contribution in [0.5, 0.6) is 0 Å². The Hall–Kier alpha value is -0.610. The quantitative estimate of drug-likeness (QED) is 0.690. The third kappa shape index (κ3) is 2.23. The molecule has 2 saturated heterocycles. The van der Waals surface area contributed by atoms with Crippen molar-refractivity contribution in [2.45, 2.75) is 32.4 Å². The molecule has 0 aromatic heterocycles. The minimum Gasteiger partial charge on any atom is -0.336 e. The molecule has 92 valence electrons. The van der Waals surface area contributed by atoms with Crippen LogP contribution in [0.2, 0.25) is 0 Å². The predicted molar refractivity (Wildman–Crippen MR) is 64.2 cm³/mol. The molecule has 0 bridgehead atoms. The highest BCUT2D eigenvalue weighted by Gasteiger charge is 2.35. The first kappa shape index (κ1) is 11.9. The molecule has 0 spiro atoms. The summed E-state index contributed by atoms with van der Waals surface area (Å²) < 4.78 is 0. The molecule has 2 heterocycles. The van der Waals surface area contributed by atoms with E-state index in [9.17, 15) is 4.79 Å². The van der Waals surface area contributed by atoms with Crippen molar-refractivity contribution in [2.24, 2.45) is 5.92 Å². The van der Waals surface area contributed by atoms with Gasteiger partial charge in [0.05, 0.1) is 6.04 Å². The van der Waals surface area contributed by atoms with Crippen molar-refractivity contribution < 1.29 is 4.79 Å². The Bertz CT molecular complexity index is 269. The predicted octanol–water partition coefficient (Wildman–Crippen LogP) is 0.147. The average molecular weight is 225 g/mol. The molecule has 0 aromatic rings. The minimum atomic E-state index is 0.0610. The van der Waals surface area contributed by atoms with Gasteiger partial charge in [-0.1, -0.05) is 6.92 Å². The molecule has 0 aliphatic carbocycles. The van der Waals surface area contributed by atoms with Crippen molar-refractivity contribution in [3.8, 4) is 0 Å². The van der Waals surface area contributed by atoms with Gasteiger partial charge in [-0.15, -0.1) is 0 Å². The number of likely N-dealkylation sites (N-methyl/N-ethyl adjacent to an activating group) is 1. The summed E-state index contributed by atoms with van der Waals surface area (Å²) in [5, 5.41) is 3.33. The largest absolute Gasteiger partial charge is 0.336 e. The smallest absolute Gasteiger partial charge is 0.240 e. The summed E-state index contributed by atoms with van der Waals surface area (Å²) in [5.41, 5.74) is 0. The Kier molecular flexibility index (Phi) is 3.50. The summed E-state index contributed by atoms with van der Waals surface area (Å²) in [6, 6.07) is 0.409. The summed E-state index contributed by atoms with van der Waals surface area (Å²) in [6.07, 6.45) is 1.12. The van der Waals surface area contributed by atoms with Gasteiger partial charge in [-0.05, 0) is 32.9 Å². The molecule has 0 radical (unpaired) electrons. The van der Waals surface area contributed by atoms with E-state index in [4.69, 9.17) is 0 Å². The lowest BCUT2D eigenvalue weighted by atomic mass is 10.0. The highest BCUT2D eigenvalue weighted by atomic mass is 16.2. The Morgan fingerprint density at radius 3 is 2.62 bits per heavy atom. The monoisotopic (exact) mass is 225 g/mol. The Morgan fingerprint density at radius 1 is 1.31 bits per heavy atom. The first-order chi connectivity index (χ1) is 7.59. The Labute approximate surface area is 98.0 Å². The maximum Gasteiger partial charge on any atom is 0.240 e. The fourth-order valence-electron chi connectivity index (χ4n) is 2.81. The van der Waals surface area contributed by atoms with Crippen molar-refractivity contribution in [3.63, 3.8) is 0 Å². The number of piperazine rings is 1. The minimum absolute atomic E-state index is 0.0610. The SMILES string of the molecule is CC1CCNC1C(=O)N1CCN(C)CC1C. The standard InChI is InChI=1S/C12H23N3O/c1-9-4-5-13-11(9)12(16)15-7-6-14(3)8-10(15)2/h9-11,13H,4-8H2,1-3H3. The van der Waals surface area contributed by atoms with E-state index in [2.05, 4.69) is 36.0 Å². The zero-order chi connectivity index (χ0) is 11.7. The van der Waals surface area contributed by atoms with Crippen LogP contribution in [0.1, 0.15) is 20.3 Å². The van der Waals surface area contributed by atoms with Crippen LogP contribution in [-0.2, 0) is 4.79 Å². The van der Waals surface area contributed by atoms with Gasteiger partial charge in [-0.2, -0.15) is 0 Å². The van der Waals surface area contributed by atoms with E-state index < -0.39 is 0 Å². The van der Waals surface area contributed by atoms with Gasteiger partial charge in [0.1, 0.15) is 0 Å². The van der Waals surface area contributed by atoms with Gasteiger partial charge in [0.25, 0.3) is 0 Å². The molecule has 16 heavy (non-hydrogen) atoms. The molecule has 4 heteroatoms. The number of carbonyl (C=O) groups excluding carboxylic acids is 1. The molecule has 1 N–H and O–H groups in total. The molecule has 2 aliphatic heterocycles. The van der Waals surface area contributed by atoms with Crippen LogP contribution in [0.4, 0.5) is 0 Å². The number of nitrogens with one attached hydrogen (secondary N) is 1. The number of hydrogen-bond donors (Lipinski definition) is 1. The number of rotatable bonds is 1. The lowest BCUT2D eigenvalue weighted by Crippen LogP contribution is -2.57. The zero-order valence-electron chi connectivity index (χ0n) is 10.6. The summed E-state index contributed by atoms with van der Waals surface area (Å²) in [5.74, 6) is 0.796. The van der Waals surface area contributed by atoms with Crippen LogP contribution in [0.3, 0.4) is 0 Å². The van der Waals surface area contributed by atoms with Crippen LogP contribution in [0.15, 0.2) is 0 Å². The number of amides is 1. The third-order valence-corrected chi connectivity index (χ3v) is 3.91. The van der Waals surface area contributed by atoms with Crippen LogP contribution in [-0.4, -0.2) is 61.0 Å². The van der Waals surface area contributed by atoms with Crippen molar-refractivity contribution >= 4 is 5.91 Å². The van der Waals surface area contributed by atoms with Crippen molar-refractivity contribution in [1.82, 2.24) is 15.1 Å². The normalized spacial score (nSPS) is 36.7. The van der Waals surface area contributed by atoms with Crippen LogP contribution < -0.4 is 5.32 Å². The van der Waals surface area contributed by atoms with E-state index in [0.717, 1.165) is 32.6 Å². The molecule has 2 fully saturated rings. The highest BCUT2D eigenvalue weighted by Crippen LogP contribution is 2.19. The molecule has 2 rings (SSSR count). The van der Waals surface area contributed by atoms with E-state index in [1.54, 1.807) is 0 Å². The topological polar surface area (TPSA) is 35.6 Å². The van der Waals surface area contributed by atoms with Gasteiger partial charge in [0, 0.05) is 25.7 Å². The fraction of sp³-hybridized carbons (Fsp3) is 0.917. The van der Waals surface area contributed by atoms with Crippen molar-refractivity contribution in [2.75, 3.05) is 33.2 Å². The second kappa shape index (κ2) is 4.72. The maximum absolute atomic E-state index is 12.4. The fourth-order valence-corrected chi connectivity index (χ4v) is 2.81. The molecule has 0 aromatic carbocycles. The van der Waals surface area contributed by atoms with E-state index >= 15 is 0 Å². The van der Waals surface area contributed by atoms with Gasteiger partial charge in [0.15, 0.2) is 0 Å². The maximum atomic E-state index is 12.4. The van der Waals surface area contributed by atoms with Gasteiger partial charge >= 0.3 is 0 Å².